The monoisotopic (exact) mass is 380 g/mol. The van der Waals surface area contributed by atoms with Crippen LogP contribution in [0.4, 0.5) is 5.82 Å². The van der Waals surface area contributed by atoms with Crippen molar-refractivity contribution in [3.05, 3.63) is 58.8 Å². The number of amides is 1. The van der Waals surface area contributed by atoms with Crippen LogP contribution in [0, 0.1) is 0 Å². The SMILES string of the molecule is CC(C)NC(=O)c1cc2c(nc1N(C)C)CCN(CCc1ccccc1)CC2. The predicted octanol–water partition coefficient (Wildman–Crippen LogP) is 2.93. The molecule has 0 radical (unpaired) electrons. The highest BCUT2D eigenvalue weighted by molar-refractivity contribution is 5.99. The molecule has 1 N–H and O–H groups in total. The minimum absolute atomic E-state index is 0.0424. The molecule has 2 aromatic rings. The molecule has 5 nitrogen and oxygen atoms in total. The van der Waals surface area contributed by atoms with E-state index >= 15 is 0 Å². The van der Waals surface area contributed by atoms with Crippen LogP contribution in [-0.4, -0.2) is 55.6 Å². The van der Waals surface area contributed by atoms with E-state index in [1.165, 1.54) is 11.1 Å². The third kappa shape index (κ3) is 5.10. The third-order valence-electron chi connectivity index (χ3n) is 5.18. The van der Waals surface area contributed by atoms with E-state index < -0.39 is 0 Å². The van der Waals surface area contributed by atoms with Crippen LogP contribution in [0.2, 0.25) is 0 Å². The predicted molar refractivity (Wildman–Crippen MR) is 115 cm³/mol. The third-order valence-corrected chi connectivity index (χ3v) is 5.18. The van der Waals surface area contributed by atoms with Gasteiger partial charge in [-0.3, -0.25) is 4.79 Å². The number of rotatable bonds is 6. The lowest BCUT2D eigenvalue weighted by molar-refractivity contribution is 0.0943. The van der Waals surface area contributed by atoms with Crippen molar-refractivity contribution in [3.63, 3.8) is 0 Å². The van der Waals surface area contributed by atoms with Gasteiger partial charge >= 0.3 is 0 Å². The second-order valence-electron chi connectivity index (χ2n) is 8.07. The van der Waals surface area contributed by atoms with Gasteiger partial charge in [0, 0.05) is 51.9 Å². The summed E-state index contributed by atoms with van der Waals surface area (Å²) in [4.78, 5) is 22.0. The van der Waals surface area contributed by atoms with Gasteiger partial charge in [0.05, 0.1) is 5.56 Å². The first-order valence-corrected chi connectivity index (χ1v) is 10.2. The molecule has 0 unspecified atom stereocenters. The van der Waals surface area contributed by atoms with Crippen LogP contribution in [0.1, 0.15) is 41.0 Å². The summed E-state index contributed by atoms with van der Waals surface area (Å²) in [5, 5.41) is 3.01. The van der Waals surface area contributed by atoms with E-state index in [1.807, 2.05) is 32.8 Å². The molecule has 0 fully saturated rings. The Bertz CT molecular complexity index is 802. The molecule has 0 bridgehead atoms. The molecule has 1 aliphatic rings. The number of aromatic nitrogens is 1. The fourth-order valence-electron chi connectivity index (χ4n) is 3.67. The number of nitrogens with zero attached hydrogens (tertiary/aromatic N) is 3. The number of benzene rings is 1. The average Bonchev–Trinajstić information content (AvgIpc) is 2.87. The van der Waals surface area contributed by atoms with Crippen molar-refractivity contribution >= 4 is 11.7 Å². The van der Waals surface area contributed by atoms with Gasteiger partial charge in [0.1, 0.15) is 5.82 Å². The van der Waals surface area contributed by atoms with Crippen molar-refractivity contribution in [2.75, 3.05) is 38.6 Å². The summed E-state index contributed by atoms with van der Waals surface area (Å²) in [7, 11) is 3.90. The fourth-order valence-corrected chi connectivity index (χ4v) is 3.67. The number of carbonyl (C=O) groups is 1. The van der Waals surface area contributed by atoms with E-state index in [0.717, 1.165) is 50.4 Å². The first-order valence-electron chi connectivity index (χ1n) is 10.2. The molecular formula is C23H32N4O. The van der Waals surface area contributed by atoms with Crippen molar-refractivity contribution in [2.24, 2.45) is 0 Å². The van der Waals surface area contributed by atoms with Gasteiger partial charge in [-0.25, -0.2) is 4.98 Å². The number of hydrogen-bond donors (Lipinski definition) is 1. The van der Waals surface area contributed by atoms with E-state index in [0.29, 0.717) is 5.56 Å². The molecule has 28 heavy (non-hydrogen) atoms. The van der Waals surface area contributed by atoms with Gasteiger partial charge in [0.15, 0.2) is 0 Å². The summed E-state index contributed by atoms with van der Waals surface area (Å²) in [6.07, 6.45) is 2.93. The van der Waals surface area contributed by atoms with E-state index in [-0.39, 0.29) is 11.9 Å². The highest BCUT2D eigenvalue weighted by Crippen LogP contribution is 2.23. The smallest absolute Gasteiger partial charge is 0.255 e. The van der Waals surface area contributed by atoms with Crippen molar-refractivity contribution in [3.8, 4) is 0 Å². The van der Waals surface area contributed by atoms with Gasteiger partial charge in [-0.05, 0) is 43.9 Å². The summed E-state index contributed by atoms with van der Waals surface area (Å²) in [5.41, 5.74) is 4.40. The van der Waals surface area contributed by atoms with Crippen molar-refractivity contribution < 1.29 is 4.79 Å². The van der Waals surface area contributed by atoms with Crippen LogP contribution in [0.3, 0.4) is 0 Å². The lowest BCUT2D eigenvalue weighted by Gasteiger charge is -2.19. The van der Waals surface area contributed by atoms with Crippen LogP contribution in [-0.2, 0) is 19.3 Å². The zero-order valence-electron chi connectivity index (χ0n) is 17.5. The maximum atomic E-state index is 12.7. The minimum Gasteiger partial charge on any atom is -0.362 e. The number of fused-ring (bicyclic) bond motifs is 1. The van der Waals surface area contributed by atoms with E-state index in [9.17, 15) is 4.79 Å². The van der Waals surface area contributed by atoms with Gasteiger partial charge in [-0.15, -0.1) is 0 Å². The minimum atomic E-state index is -0.0424. The number of hydrogen-bond acceptors (Lipinski definition) is 4. The summed E-state index contributed by atoms with van der Waals surface area (Å²) in [6, 6.07) is 12.8. The Morgan fingerprint density at radius 2 is 1.89 bits per heavy atom. The van der Waals surface area contributed by atoms with Crippen molar-refractivity contribution in [1.29, 1.82) is 0 Å². The fraction of sp³-hybridized carbons (Fsp3) is 0.478. The summed E-state index contributed by atoms with van der Waals surface area (Å²) >= 11 is 0. The number of nitrogens with one attached hydrogen (secondary N) is 1. The molecular weight excluding hydrogens is 348 g/mol. The lowest BCUT2D eigenvalue weighted by atomic mass is 10.0. The second kappa shape index (κ2) is 9.20. The Morgan fingerprint density at radius 1 is 1.18 bits per heavy atom. The molecule has 3 rings (SSSR count). The van der Waals surface area contributed by atoms with E-state index in [4.69, 9.17) is 4.98 Å². The standard InChI is InChI=1S/C23H32N4O/c1-17(2)24-23(28)20-16-19-11-14-27(13-10-18-8-6-5-7-9-18)15-12-21(19)25-22(20)26(3)4/h5-9,16-17H,10-15H2,1-4H3,(H,24,28). The lowest BCUT2D eigenvalue weighted by Crippen LogP contribution is -2.32. The zero-order valence-corrected chi connectivity index (χ0v) is 17.5. The summed E-state index contributed by atoms with van der Waals surface area (Å²) < 4.78 is 0. The normalized spacial score (nSPS) is 14.5. The van der Waals surface area contributed by atoms with Gasteiger partial charge in [0.25, 0.3) is 5.91 Å². The van der Waals surface area contributed by atoms with Gasteiger partial charge in [-0.2, -0.15) is 0 Å². The molecule has 0 atom stereocenters. The Morgan fingerprint density at radius 3 is 2.57 bits per heavy atom. The maximum absolute atomic E-state index is 12.7. The van der Waals surface area contributed by atoms with Crippen molar-refractivity contribution in [2.45, 2.75) is 39.2 Å². The van der Waals surface area contributed by atoms with Crippen LogP contribution >= 0.6 is 0 Å². The number of carbonyl (C=O) groups excluding carboxylic acids is 1. The molecule has 0 spiro atoms. The molecule has 5 heteroatoms. The molecule has 0 aliphatic carbocycles. The first-order chi connectivity index (χ1) is 13.4. The molecule has 1 amide bonds. The van der Waals surface area contributed by atoms with Gasteiger partial charge in [0.2, 0.25) is 0 Å². The first kappa shape index (κ1) is 20.3. The molecule has 0 saturated carbocycles. The highest BCUT2D eigenvalue weighted by atomic mass is 16.1. The van der Waals surface area contributed by atoms with Crippen molar-refractivity contribution in [1.82, 2.24) is 15.2 Å². The van der Waals surface area contributed by atoms with Gasteiger partial charge in [-0.1, -0.05) is 30.3 Å². The zero-order chi connectivity index (χ0) is 20.1. The maximum Gasteiger partial charge on any atom is 0.255 e. The topological polar surface area (TPSA) is 48.5 Å². The Kier molecular flexibility index (Phi) is 6.68. The van der Waals surface area contributed by atoms with E-state index in [1.54, 1.807) is 0 Å². The van der Waals surface area contributed by atoms with Gasteiger partial charge < -0.3 is 15.1 Å². The summed E-state index contributed by atoms with van der Waals surface area (Å²) in [5.74, 6) is 0.716. The Balaban J connectivity index is 1.74. The largest absolute Gasteiger partial charge is 0.362 e. The number of pyridine rings is 1. The molecule has 1 aliphatic heterocycles. The quantitative estimate of drug-likeness (QED) is 0.837. The Labute approximate surface area is 168 Å². The number of anilines is 1. The van der Waals surface area contributed by atoms with Crippen LogP contribution in [0.25, 0.3) is 0 Å². The molecule has 1 aromatic heterocycles. The summed E-state index contributed by atoms with van der Waals surface area (Å²) in [6.45, 7) is 7.04. The molecule has 150 valence electrons. The average molecular weight is 381 g/mol. The second-order valence-corrected chi connectivity index (χ2v) is 8.07. The van der Waals surface area contributed by atoms with Crippen LogP contribution in [0.5, 0.6) is 0 Å². The Hall–Kier alpha value is -2.40. The molecule has 1 aromatic carbocycles. The molecule has 0 saturated heterocycles. The highest BCUT2D eigenvalue weighted by Gasteiger charge is 2.22. The van der Waals surface area contributed by atoms with Crippen LogP contribution < -0.4 is 10.2 Å². The molecule has 2 heterocycles. The van der Waals surface area contributed by atoms with Crippen LogP contribution in [0.15, 0.2) is 36.4 Å². The van der Waals surface area contributed by atoms with E-state index in [2.05, 4.69) is 46.6 Å².